The van der Waals surface area contributed by atoms with Gasteiger partial charge >= 0.3 is 0 Å². The second-order valence-electron chi connectivity index (χ2n) is 10.8. The molecule has 1 aromatic heterocycles. The SMILES string of the molecule is Cc1nnc2n1-c1ccc(O)cc1C(c1ccc(Cl)cc1)=NC2N1C(=O)C1(C)CC(C)(C)C(C)C. The van der Waals surface area contributed by atoms with Gasteiger partial charge in [-0.15, -0.1) is 10.2 Å². The van der Waals surface area contributed by atoms with Gasteiger partial charge in [-0.25, -0.2) is 0 Å². The molecule has 0 spiro atoms. The first-order chi connectivity index (χ1) is 16.4. The summed E-state index contributed by atoms with van der Waals surface area (Å²) in [4.78, 5) is 20.4. The minimum absolute atomic E-state index is 0.0368. The summed E-state index contributed by atoms with van der Waals surface area (Å²) in [5, 5.41) is 19.8. The molecule has 1 N–H and O–H groups in total. The highest BCUT2D eigenvalue weighted by molar-refractivity contribution is 6.30. The Morgan fingerprint density at radius 3 is 2.49 bits per heavy atom. The van der Waals surface area contributed by atoms with Crippen LogP contribution in [-0.4, -0.2) is 41.9 Å². The predicted molar refractivity (Wildman–Crippen MR) is 136 cm³/mol. The molecule has 2 unspecified atom stereocenters. The van der Waals surface area contributed by atoms with Crippen molar-refractivity contribution in [3.63, 3.8) is 0 Å². The van der Waals surface area contributed by atoms with Crippen molar-refractivity contribution < 1.29 is 9.90 Å². The van der Waals surface area contributed by atoms with Crippen LogP contribution in [0.3, 0.4) is 0 Å². The lowest BCUT2D eigenvalue weighted by atomic mass is 9.74. The van der Waals surface area contributed by atoms with Crippen molar-refractivity contribution in [1.82, 2.24) is 19.7 Å². The van der Waals surface area contributed by atoms with E-state index in [1.165, 1.54) is 0 Å². The minimum atomic E-state index is -0.656. The third kappa shape index (κ3) is 3.73. The van der Waals surface area contributed by atoms with Gasteiger partial charge in [-0.1, -0.05) is 51.4 Å². The molecule has 182 valence electrons. The van der Waals surface area contributed by atoms with Gasteiger partial charge in [0.15, 0.2) is 12.0 Å². The highest BCUT2D eigenvalue weighted by atomic mass is 35.5. The standard InChI is InChI=1S/C27H30ClN5O2/c1-15(2)26(4,5)14-27(6)25(35)33(27)23-24-31-30-16(3)32(24)21-12-11-19(34)13-20(21)22(29-23)17-7-9-18(28)10-8-17/h7-13,15,23,34H,14H2,1-6H3. The Labute approximate surface area is 210 Å². The monoisotopic (exact) mass is 491 g/mol. The third-order valence-electron chi connectivity index (χ3n) is 7.69. The molecule has 0 aliphatic carbocycles. The van der Waals surface area contributed by atoms with Crippen LogP contribution in [0, 0.1) is 18.3 Å². The van der Waals surface area contributed by atoms with Gasteiger partial charge in [0, 0.05) is 16.1 Å². The van der Waals surface area contributed by atoms with E-state index < -0.39 is 11.7 Å². The van der Waals surface area contributed by atoms with Crippen molar-refractivity contribution in [2.45, 2.75) is 59.7 Å². The fraction of sp³-hybridized carbons (Fsp3) is 0.407. The number of phenolic OH excluding ortho intramolecular Hbond substituents is 1. The third-order valence-corrected chi connectivity index (χ3v) is 7.95. The number of hydrogen-bond acceptors (Lipinski definition) is 5. The molecule has 0 saturated carbocycles. The zero-order valence-electron chi connectivity index (χ0n) is 20.9. The molecule has 3 heterocycles. The predicted octanol–water partition coefficient (Wildman–Crippen LogP) is 5.46. The van der Waals surface area contributed by atoms with E-state index in [1.54, 1.807) is 12.1 Å². The van der Waals surface area contributed by atoms with Crippen LogP contribution in [0.5, 0.6) is 5.75 Å². The number of carbonyl (C=O) groups is 1. The van der Waals surface area contributed by atoms with Crippen molar-refractivity contribution in [3.05, 3.63) is 70.3 Å². The van der Waals surface area contributed by atoms with Crippen molar-refractivity contribution in [2.24, 2.45) is 16.3 Å². The maximum atomic E-state index is 13.4. The number of rotatable bonds is 5. The molecular formula is C27H30ClN5O2. The number of fused-ring (bicyclic) bond motifs is 3. The number of nitrogens with zero attached hydrogens (tertiary/aromatic N) is 5. The summed E-state index contributed by atoms with van der Waals surface area (Å²) in [6, 6.07) is 12.6. The second-order valence-corrected chi connectivity index (χ2v) is 11.2. The smallest absolute Gasteiger partial charge is 0.251 e. The molecule has 35 heavy (non-hydrogen) atoms. The van der Waals surface area contributed by atoms with E-state index in [1.807, 2.05) is 53.6 Å². The van der Waals surface area contributed by atoms with E-state index in [0.29, 0.717) is 34.7 Å². The van der Waals surface area contributed by atoms with Gasteiger partial charge < -0.3 is 5.11 Å². The summed E-state index contributed by atoms with van der Waals surface area (Å²) in [6.45, 7) is 12.6. The molecule has 0 bridgehead atoms. The molecule has 7 nitrogen and oxygen atoms in total. The molecule has 0 radical (unpaired) electrons. The average molecular weight is 492 g/mol. The van der Waals surface area contributed by atoms with Gasteiger partial charge in [0.1, 0.15) is 17.1 Å². The number of carbonyl (C=O) groups excluding carboxylic acids is 1. The van der Waals surface area contributed by atoms with Gasteiger partial charge in [-0.3, -0.25) is 19.3 Å². The second kappa shape index (κ2) is 7.92. The number of aliphatic imine (C=N–C) groups is 1. The van der Waals surface area contributed by atoms with Crippen LogP contribution in [0.25, 0.3) is 5.69 Å². The lowest BCUT2D eigenvalue weighted by Crippen LogP contribution is -2.30. The summed E-state index contributed by atoms with van der Waals surface area (Å²) in [7, 11) is 0. The summed E-state index contributed by atoms with van der Waals surface area (Å²) >= 11 is 6.16. The molecule has 3 aromatic rings. The maximum absolute atomic E-state index is 13.4. The number of phenols is 1. The van der Waals surface area contributed by atoms with Gasteiger partial charge in [0.25, 0.3) is 5.91 Å². The zero-order valence-corrected chi connectivity index (χ0v) is 21.6. The van der Waals surface area contributed by atoms with Crippen molar-refractivity contribution in [3.8, 4) is 11.4 Å². The first-order valence-electron chi connectivity index (χ1n) is 11.9. The molecule has 1 fully saturated rings. The molecule has 2 aliphatic rings. The number of aromatic nitrogens is 3. The number of aryl methyl sites for hydroxylation is 1. The number of halogens is 1. The highest BCUT2D eigenvalue weighted by Gasteiger charge is 2.64. The van der Waals surface area contributed by atoms with Crippen LogP contribution >= 0.6 is 11.6 Å². The van der Waals surface area contributed by atoms with Gasteiger partial charge in [0.2, 0.25) is 0 Å². The van der Waals surface area contributed by atoms with Gasteiger partial charge in [-0.05, 0) is 61.9 Å². The van der Waals surface area contributed by atoms with E-state index in [-0.39, 0.29) is 17.1 Å². The van der Waals surface area contributed by atoms with Gasteiger partial charge in [-0.2, -0.15) is 0 Å². The molecule has 1 amide bonds. The van der Waals surface area contributed by atoms with E-state index in [2.05, 4.69) is 37.9 Å². The Balaban J connectivity index is 1.71. The molecule has 2 aromatic carbocycles. The Morgan fingerprint density at radius 2 is 1.83 bits per heavy atom. The lowest BCUT2D eigenvalue weighted by Gasteiger charge is -2.32. The zero-order chi connectivity index (χ0) is 25.3. The number of amides is 1. The van der Waals surface area contributed by atoms with E-state index in [0.717, 1.165) is 16.8 Å². The summed E-state index contributed by atoms with van der Waals surface area (Å²) in [5.41, 5.74) is 2.34. The Hall–Kier alpha value is -3.19. The molecule has 2 atom stereocenters. The van der Waals surface area contributed by atoms with Crippen LogP contribution in [0.4, 0.5) is 0 Å². The Bertz CT molecular complexity index is 1360. The van der Waals surface area contributed by atoms with E-state index in [4.69, 9.17) is 16.6 Å². The minimum Gasteiger partial charge on any atom is -0.508 e. The summed E-state index contributed by atoms with van der Waals surface area (Å²) < 4.78 is 1.94. The molecule has 2 aliphatic heterocycles. The van der Waals surface area contributed by atoms with Crippen LogP contribution in [0.1, 0.15) is 70.0 Å². The lowest BCUT2D eigenvalue weighted by molar-refractivity contribution is -0.115. The largest absolute Gasteiger partial charge is 0.508 e. The highest BCUT2D eigenvalue weighted by Crippen LogP contribution is 2.51. The summed E-state index contributed by atoms with van der Waals surface area (Å²) in [6.07, 6.45) is 0.0523. The normalized spacial score (nSPS) is 21.5. The fourth-order valence-corrected chi connectivity index (χ4v) is 5.13. The fourth-order valence-electron chi connectivity index (χ4n) is 5.01. The van der Waals surface area contributed by atoms with Crippen LogP contribution in [-0.2, 0) is 4.79 Å². The maximum Gasteiger partial charge on any atom is 0.251 e. The molecular weight excluding hydrogens is 462 g/mol. The van der Waals surface area contributed by atoms with Crippen molar-refractivity contribution in [1.29, 1.82) is 0 Å². The summed E-state index contributed by atoms with van der Waals surface area (Å²) in [5.74, 6) is 1.86. The van der Waals surface area contributed by atoms with Crippen LogP contribution < -0.4 is 0 Å². The first-order valence-corrected chi connectivity index (χ1v) is 12.2. The van der Waals surface area contributed by atoms with Crippen LogP contribution in [0.15, 0.2) is 47.5 Å². The van der Waals surface area contributed by atoms with Crippen molar-refractivity contribution >= 4 is 23.2 Å². The number of benzene rings is 2. The topological polar surface area (TPSA) is 83.4 Å². The molecule has 5 rings (SSSR count). The van der Waals surface area contributed by atoms with Gasteiger partial charge in [0.05, 0.1) is 11.4 Å². The first kappa shape index (κ1) is 23.5. The number of hydrogen-bond donors (Lipinski definition) is 1. The Morgan fingerprint density at radius 1 is 1.14 bits per heavy atom. The quantitative estimate of drug-likeness (QED) is 0.480. The van der Waals surface area contributed by atoms with Crippen molar-refractivity contribution in [2.75, 3.05) is 0 Å². The Kier molecular flexibility index (Phi) is 5.33. The molecule has 1 saturated heterocycles. The molecule has 8 heteroatoms. The van der Waals surface area contributed by atoms with E-state index in [9.17, 15) is 9.90 Å². The van der Waals surface area contributed by atoms with E-state index >= 15 is 0 Å². The average Bonchev–Trinajstić information content (AvgIpc) is 3.13. The van der Waals surface area contributed by atoms with Crippen LogP contribution in [0.2, 0.25) is 5.02 Å². The number of aromatic hydroxyl groups is 1.